The largest absolute Gasteiger partial charge is 0.508 e. The molecule has 0 fully saturated rings. The number of rotatable bonds is 3. The number of hydrazone groups is 1. The van der Waals surface area contributed by atoms with Crippen molar-refractivity contribution in [2.24, 2.45) is 5.10 Å². The van der Waals surface area contributed by atoms with Crippen molar-refractivity contribution in [3.8, 4) is 11.5 Å². The lowest BCUT2D eigenvalue weighted by Crippen LogP contribution is -2.10. The molecular formula is C16H16N2O2. The van der Waals surface area contributed by atoms with E-state index in [9.17, 15) is 5.11 Å². The molecule has 0 amide bonds. The van der Waals surface area contributed by atoms with Gasteiger partial charge >= 0.3 is 0 Å². The predicted molar refractivity (Wildman–Crippen MR) is 78.1 cm³/mol. The van der Waals surface area contributed by atoms with Gasteiger partial charge in [0.1, 0.15) is 11.5 Å². The summed E-state index contributed by atoms with van der Waals surface area (Å²) in [4.78, 5) is 0. The van der Waals surface area contributed by atoms with Crippen molar-refractivity contribution in [1.29, 1.82) is 0 Å². The topological polar surface area (TPSA) is 53.9 Å². The first kappa shape index (κ1) is 12.5. The van der Waals surface area contributed by atoms with Crippen molar-refractivity contribution in [2.75, 3.05) is 7.11 Å². The summed E-state index contributed by atoms with van der Waals surface area (Å²) in [5.41, 5.74) is 5.99. The minimum Gasteiger partial charge on any atom is -0.508 e. The minimum absolute atomic E-state index is 0.0275. The molecule has 1 heterocycles. The zero-order valence-corrected chi connectivity index (χ0v) is 11.2. The van der Waals surface area contributed by atoms with Gasteiger partial charge in [-0.1, -0.05) is 30.3 Å². The molecule has 0 saturated heterocycles. The lowest BCUT2D eigenvalue weighted by atomic mass is 9.98. The molecular weight excluding hydrogens is 252 g/mol. The van der Waals surface area contributed by atoms with Crippen LogP contribution in [0.5, 0.6) is 11.5 Å². The molecule has 0 spiro atoms. The van der Waals surface area contributed by atoms with E-state index in [0.717, 1.165) is 29.0 Å². The molecule has 0 saturated carbocycles. The third-order valence-corrected chi connectivity index (χ3v) is 3.47. The monoisotopic (exact) mass is 268 g/mol. The minimum atomic E-state index is -0.0275. The van der Waals surface area contributed by atoms with Crippen molar-refractivity contribution < 1.29 is 9.84 Å². The van der Waals surface area contributed by atoms with Gasteiger partial charge in [-0.25, -0.2) is 0 Å². The van der Waals surface area contributed by atoms with Crippen LogP contribution in [0.2, 0.25) is 0 Å². The fourth-order valence-electron chi connectivity index (χ4n) is 2.37. The van der Waals surface area contributed by atoms with Gasteiger partial charge in [-0.05, 0) is 23.8 Å². The maximum atomic E-state index is 10.0. The number of phenols is 1. The summed E-state index contributed by atoms with van der Waals surface area (Å²) >= 11 is 0. The van der Waals surface area contributed by atoms with Crippen LogP contribution in [0.3, 0.4) is 0 Å². The van der Waals surface area contributed by atoms with E-state index in [4.69, 9.17) is 4.74 Å². The van der Waals surface area contributed by atoms with E-state index in [1.54, 1.807) is 19.2 Å². The summed E-state index contributed by atoms with van der Waals surface area (Å²) in [7, 11) is 1.62. The first-order valence-electron chi connectivity index (χ1n) is 6.52. The maximum Gasteiger partial charge on any atom is 0.121 e. The van der Waals surface area contributed by atoms with Crippen LogP contribution in [-0.2, 0) is 0 Å². The van der Waals surface area contributed by atoms with Gasteiger partial charge in [0.15, 0.2) is 0 Å². The lowest BCUT2D eigenvalue weighted by molar-refractivity contribution is 0.408. The Morgan fingerprint density at radius 2 is 2.00 bits per heavy atom. The standard InChI is InChI=1S/C16H16N2O2/c1-20-12-7-8-16(19)13(9-12)15-10-14(17-18-15)11-5-3-2-4-6-11/h2-9,15,18-19H,10H2,1H3/t15-/m1/s1. The maximum absolute atomic E-state index is 10.0. The van der Waals surface area contributed by atoms with Crippen molar-refractivity contribution in [1.82, 2.24) is 5.43 Å². The van der Waals surface area contributed by atoms with E-state index < -0.39 is 0 Å². The molecule has 0 radical (unpaired) electrons. The molecule has 2 N–H and O–H groups in total. The van der Waals surface area contributed by atoms with Crippen LogP contribution in [0, 0.1) is 0 Å². The van der Waals surface area contributed by atoms with E-state index >= 15 is 0 Å². The summed E-state index contributed by atoms with van der Waals surface area (Å²) in [5.74, 6) is 0.987. The molecule has 3 rings (SSSR count). The van der Waals surface area contributed by atoms with Crippen LogP contribution < -0.4 is 10.2 Å². The van der Waals surface area contributed by atoms with E-state index in [-0.39, 0.29) is 11.8 Å². The summed E-state index contributed by atoms with van der Waals surface area (Å²) < 4.78 is 5.20. The Bertz CT molecular complexity index is 638. The number of ether oxygens (including phenoxy) is 1. The molecule has 0 bridgehead atoms. The molecule has 1 aliphatic rings. The third kappa shape index (κ3) is 2.32. The van der Waals surface area contributed by atoms with Crippen LogP contribution in [-0.4, -0.2) is 17.9 Å². The van der Waals surface area contributed by atoms with E-state index in [2.05, 4.69) is 10.5 Å². The quantitative estimate of drug-likeness (QED) is 0.900. The average Bonchev–Trinajstić information content (AvgIpc) is 2.98. The van der Waals surface area contributed by atoms with Gasteiger partial charge in [-0.3, -0.25) is 0 Å². The Hall–Kier alpha value is -2.49. The summed E-state index contributed by atoms with van der Waals surface area (Å²) in [6.45, 7) is 0. The highest BCUT2D eigenvalue weighted by Gasteiger charge is 2.23. The van der Waals surface area contributed by atoms with Gasteiger partial charge in [-0.15, -0.1) is 0 Å². The zero-order valence-electron chi connectivity index (χ0n) is 11.2. The number of benzene rings is 2. The van der Waals surface area contributed by atoms with Gasteiger partial charge in [0.25, 0.3) is 0 Å². The Balaban J connectivity index is 1.82. The number of aromatic hydroxyl groups is 1. The van der Waals surface area contributed by atoms with Crippen LogP contribution in [0.15, 0.2) is 53.6 Å². The third-order valence-electron chi connectivity index (χ3n) is 3.47. The first-order chi connectivity index (χ1) is 9.78. The number of methoxy groups -OCH3 is 1. The molecule has 0 unspecified atom stereocenters. The Kier molecular flexibility index (Phi) is 3.29. The summed E-state index contributed by atoms with van der Waals surface area (Å²) in [5, 5.41) is 14.4. The molecule has 2 aromatic rings. The molecule has 20 heavy (non-hydrogen) atoms. The van der Waals surface area contributed by atoms with Crippen LogP contribution >= 0.6 is 0 Å². The number of nitrogens with one attached hydrogen (secondary N) is 1. The fraction of sp³-hybridized carbons (Fsp3) is 0.188. The molecule has 102 valence electrons. The smallest absolute Gasteiger partial charge is 0.121 e. The predicted octanol–water partition coefficient (Wildman–Crippen LogP) is 2.84. The van der Waals surface area contributed by atoms with Crippen molar-refractivity contribution >= 4 is 5.71 Å². The van der Waals surface area contributed by atoms with E-state index in [1.807, 2.05) is 36.4 Å². The van der Waals surface area contributed by atoms with Gasteiger partial charge in [0.2, 0.25) is 0 Å². The molecule has 1 atom stereocenters. The molecule has 0 aromatic heterocycles. The number of phenolic OH excluding ortho intramolecular Hbond substituents is 1. The highest BCUT2D eigenvalue weighted by molar-refractivity contribution is 6.01. The van der Waals surface area contributed by atoms with Crippen LogP contribution in [0.4, 0.5) is 0 Å². The fourth-order valence-corrected chi connectivity index (χ4v) is 2.37. The number of hydrogen-bond acceptors (Lipinski definition) is 4. The van der Waals surface area contributed by atoms with Crippen LogP contribution in [0.1, 0.15) is 23.6 Å². The number of nitrogens with zero attached hydrogens (tertiary/aromatic N) is 1. The highest BCUT2D eigenvalue weighted by atomic mass is 16.5. The molecule has 4 heteroatoms. The second-order valence-corrected chi connectivity index (χ2v) is 4.74. The van der Waals surface area contributed by atoms with E-state index in [1.165, 1.54) is 0 Å². The first-order valence-corrected chi connectivity index (χ1v) is 6.52. The van der Waals surface area contributed by atoms with Crippen molar-refractivity contribution in [3.05, 3.63) is 59.7 Å². The van der Waals surface area contributed by atoms with Gasteiger partial charge < -0.3 is 15.3 Å². The lowest BCUT2D eigenvalue weighted by Gasteiger charge is -2.13. The van der Waals surface area contributed by atoms with Gasteiger partial charge in [0, 0.05) is 12.0 Å². The Labute approximate surface area is 117 Å². The zero-order chi connectivity index (χ0) is 13.9. The van der Waals surface area contributed by atoms with E-state index in [0.29, 0.717) is 0 Å². The second kappa shape index (κ2) is 5.25. The highest BCUT2D eigenvalue weighted by Crippen LogP contribution is 2.33. The van der Waals surface area contributed by atoms with Crippen LogP contribution in [0.25, 0.3) is 0 Å². The summed E-state index contributed by atoms with van der Waals surface area (Å²) in [6.07, 6.45) is 0.741. The van der Waals surface area contributed by atoms with Gasteiger partial charge in [0.05, 0.1) is 18.9 Å². The Morgan fingerprint density at radius 3 is 2.75 bits per heavy atom. The molecule has 2 aromatic carbocycles. The van der Waals surface area contributed by atoms with Gasteiger partial charge in [-0.2, -0.15) is 5.10 Å². The Morgan fingerprint density at radius 1 is 1.20 bits per heavy atom. The second-order valence-electron chi connectivity index (χ2n) is 4.74. The SMILES string of the molecule is COc1ccc(O)c([C@H]2CC(c3ccccc3)=NN2)c1. The number of hydrogen-bond donors (Lipinski definition) is 2. The normalized spacial score (nSPS) is 17.4. The average molecular weight is 268 g/mol. The molecule has 0 aliphatic carbocycles. The van der Waals surface area contributed by atoms with Crippen molar-refractivity contribution in [2.45, 2.75) is 12.5 Å². The summed E-state index contributed by atoms with van der Waals surface area (Å²) in [6, 6.07) is 15.3. The van der Waals surface area contributed by atoms with Crippen molar-refractivity contribution in [3.63, 3.8) is 0 Å². The molecule has 4 nitrogen and oxygen atoms in total. The molecule has 1 aliphatic heterocycles.